The largest absolute Gasteiger partial charge is 0.454 e. The highest BCUT2D eigenvalue weighted by Crippen LogP contribution is 2.39. The number of imidazole rings is 1. The summed E-state index contributed by atoms with van der Waals surface area (Å²) in [6, 6.07) is 9.93. The second-order valence-corrected chi connectivity index (χ2v) is 6.07. The molecule has 1 atom stereocenters. The van der Waals surface area contributed by atoms with Crippen molar-refractivity contribution in [2.24, 2.45) is 0 Å². The molecule has 0 fully saturated rings. The van der Waals surface area contributed by atoms with Gasteiger partial charge in [0.15, 0.2) is 11.5 Å². The summed E-state index contributed by atoms with van der Waals surface area (Å²) in [5.41, 5.74) is 4.90. The van der Waals surface area contributed by atoms with Gasteiger partial charge in [-0.15, -0.1) is 11.6 Å². The molecule has 3 aromatic rings. The predicted octanol–water partition coefficient (Wildman–Crippen LogP) is 4.34. The first kappa shape index (κ1) is 13.5. The van der Waals surface area contributed by atoms with Crippen LogP contribution in [0.2, 0.25) is 0 Å². The van der Waals surface area contributed by atoms with Gasteiger partial charge in [0.2, 0.25) is 6.79 Å². The zero-order valence-corrected chi connectivity index (χ0v) is 13.1. The van der Waals surface area contributed by atoms with Gasteiger partial charge in [-0.2, -0.15) is 0 Å². The van der Waals surface area contributed by atoms with Crippen molar-refractivity contribution in [2.75, 3.05) is 6.79 Å². The van der Waals surface area contributed by atoms with Gasteiger partial charge in [0, 0.05) is 11.8 Å². The summed E-state index contributed by atoms with van der Waals surface area (Å²) in [7, 11) is 0. The van der Waals surface area contributed by atoms with E-state index >= 15 is 0 Å². The van der Waals surface area contributed by atoms with Gasteiger partial charge in [0.05, 0.1) is 16.8 Å². The normalized spacial score (nSPS) is 14.5. The summed E-state index contributed by atoms with van der Waals surface area (Å²) in [6.07, 6.45) is 2.00. The first-order chi connectivity index (χ1) is 10.6. The number of pyridine rings is 1. The topological polar surface area (TPSA) is 35.8 Å². The monoisotopic (exact) mass is 314 g/mol. The summed E-state index contributed by atoms with van der Waals surface area (Å²) < 4.78 is 12.9. The Morgan fingerprint density at radius 1 is 1.23 bits per heavy atom. The number of aryl methyl sites for hydroxylation is 1. The van der Waals surface area contributed by atoms with Gasteiger partial charge in [0.1, 0.15) is 5.65 Å². The maximum atomic E-state index is 6.43. The minimum Gasteiger partial charge on any atom is -0.454 e. The number of halogens is 1. The number of fused-ring (bicyclic) bond motifs is 2. The van der Waals surface area contributed by atoms with E-state index in [1.807, 2.05) is 37.4 Å². The Labute approximate surface area is 133 Å². The SMILES string of the molecule is Cc1cccn2c(C(C)Cl)c(-c3ccc4c(c3)OCO4)nc12. The molecule has 5 heteroatoms. The Bertz CT molecular complexity index is 870. The number of nitrogens with zero attached hydrogens (tertiary/aromatic N) is 2. The minimum atomic E-state index is -0.155. The summed E-state index contributed by atoms with van der Waals surface area (Å²) in [5, 5.41) is -0.155. The standard InChI is InChI=1S/C17H15ClN2O2/c1-10-4-3-7-20-16(11(2)18)15(19-17(10)20)12-5-6-13-14(8-12)22-9-21-13/h3-8,11H,9H2,1-2H3. The third-order valence-corrected chi connectivity index (χ3v) is 4.11. The zero-order chi connectivity index (χ0) is 15.3. The van der Waals surface area contributed by atoms with Crippen molar-refractivity contribution >= 4 is 17.2 Å². The molecule has 0 radical (unpaired) electrons. The molecule has 1 aliphatic heterocycles. The summed E-state index contributed by atoms with van der Waals surface area (Å²) in [6.45, 7) is 4.28. The minimum absolute atomic E-state index is 0.155. The molecule has 22 heavy (non-hydrogen) atoms. The molecule has 0 saturated carbocycles. The lowest BCUT2D eigenvalue weighted by molar-refractivity contribution is 0.174. The van der Waals surface area contributed by atoms with Crippen molar-refractivity contribution < 1.29 is 9.47 Å². The molecule has 112 valence electrons. The van der Waals surface area contributed by atoms with Crippen LogP contribution >= 0.6 is 11.6 Å². The lowest BCUT2D eigenvalue weighted by atomic mass is 10.1. The van der Waals surface area contributed by atoms with Crippen LogP contribution in [0.15, 0.2) is 36.5 Å². The Hall–Kier alpha value is -2.20. The highest BCUT2D eigenvalue weighted by molar-refractivity contribution is 6.20. The highest BCUT2D eigenvalue weighted by Gasteiger charge is 2.21. The van der Waals surface area contributed by atoms with Gasteiger partial charge in [-0.25, -0.2) is 4.98 Å². The number of benzene rings is 1. The van der Waals surface area contributed by atoms with Crippen molar-refractivity contribution in [1.82, 2.24) is 9.38 Å². The average Bonchev–Trinajstić information content (AvgIpc) is 3.11. The van der Waals surface area contributed by atoms with E-state index in [0.717, 1.165) is 39.7 Å². The van der Waals surface area contributed by atoms with E-state index in [-0.39, 0.29) is 12.2 Å². The fraction of sp³-hybridized carbons (Fsp3) is 0.235. The van der Waals surface area contributed by atoms with E-state index in [9.17, 15) is 0 Å². The maximum Gasteiger partial charge on any atom is 0.231 e. The van der Waals surface area contributed by atoms with Crippen LogP contribution in [0.5, 0.6) is 11.5 Å². The fourth-order valence-electron chi connectivity index (χ4n) is 2.86. The number of hydrogen-bond donors (Lipinski definition) is 0. The van der Waals surface area contributed by atoms with Crippen molar-refractivity contribution in [3.63, 3.8) is 0 Å². The number of rotatable bonds is 2. The molecule has 2 aromatic heterocycles. The Balaban J connectivity index is 1.98. The van der Waals surface area contributed by atoms with Gasteiger partial charge in [-0.1, -0.05) is 6.07 Å². The molecule has 0 spiro atoms. The molecular formula is C17H15ClN2O2. The summed E-state index contributed by atoms with van der Waals surface area (Å²) in [4.78, 5) is 4.81. The van der Waals surface area contributed by atoms with E-state index in [1.54, 1.807) is 0 Å². The molecule has 3 heterocycles. The third-order valence-electron chi connectivity index (χ3n) is 3.90. The Morgan fingerprint density at radius 2 is 2.05 bits per heavy atom. The molecule has 4 nitrogen and oxygen atoms in total. The summed E-state index contributed by atoms with van der Waals surface area (Å²) >= 11 is 6.43. The third kappa shape index (κ3) is 1.95. The second-order valence-electron chi connectivity index (χ2n) is 5.41. The number of hydrogen-bond acceptors (Lipinski definition) is 3. The van der Waals surface area contributed by atoms with Crippen LogP contribution in [0.4, 0.5) is 0 Å². The van der Waals surface area contributed by atoms with Crippen molar-refractivity contribution in [3.05, 3.63) is 47.8 Å². The number of ether oxygens (including phenoxy) is 2. The van der Waals surface area contributed by atoms with E-state index < -0.39 is 0 Å². The van der Waals surface area contributed by atoms with Crippen molar-refractivity contribution in [1.29, 1.82) is 0 Å². The number of aromatic nitrogens is 2. The Morgan fingerprint density at radius 3 is 2.86 bits per heavy atom. The molecule has 0 aliphatic carbocycles. The molecule has 0 bridgehead atoms. The number of alkyl halides is 1. The first-order valence-electron chi connectivity index (χ1n) is 7.17. The lowest BCUT2D eigenvalue weighted by Gasteiger charge is -2.08. The Kier molecular flexibility index (Phi) is 3.01. The molecule has 0 N–H and O–H groups in total. The van der Waals surface area contributed by atoms with Gasteiger partial charge < -0.3 is 13.9 Å². The molecule has 0 saturated heterocycles. The molecule has 1 unspecified atom stereocenters. The highest BCUT2D eigenvalue weighted by atomic mass is 35.5. The quantitative estimate of drug-likeness (QED) is 0.660. The van der Waals surface area contributed by atoms with E-state index in [0.29, 0.717) is 0 Å². The van der Waals surface area contributed by atoms with Crippen LogP contribution in [-0.2, 0) is 0 Å². The molecule has 1 aromatic carbocycles. The predicted molar refractivity (Wildman–Crippen MR) is 85.8 cm³/mol. The average molecular weight is 315 g/mol. The van der Waals surface area contributed by atoms with Crippen LogP contribution in [0.25, 0.3) is 16.9 Å². The summed E-state index contributed by atoms with van der Waals surface area (Å²) in [5.74, 6) is 1.52. The zero-order valence-electron chi connectivity index (χ0n) is 12.3. The van der Waals surface area contributed by atoms with E-state index in [2.05, 4.69) is 17.4 Å². The van der Waals surface area contributed by atoms with Gasteiger partial charge in [0.25, 0.3) is 0 Å². The lowest BCUT2D eigenvalue weighted by Crippen LogP contribution is -1.95. The first-order valence-corrected chi connectivity index (χ1v) is 7.60. The smallest absolute Gasteiger partial charge is 0.231 e. The van der Waals surface area contributed by atoms with Crippen LogP contribution in [-0.4, -0.2) is 16.2 Å². The van der Waals surface area contributed by atoms with Gasteiger partial charge in [-0.05, 0) is 43.7 Å². The molecule has 0 amide bonds. The van der Waals surface area contributed by atoms with Crippen LogP contribution < -0.4 is 9.47 Å². The van der Waals surface area contributed by atoms with E-state index in [1.165, 1.54) is 0 Å². The van der Waals surface area contributed by atoms with Gasteiger partial charge >= 0.3 is 0 Å². The van der Waals surface area contributed by atoms with Crippen molar-refractivity contribution in [2.45, 2.75) is 19.2 Å². The fourth-order valence-corrected chi connectivity index (χ4v) is 3.07. The van der Waals surface area contributed by atoms with Crippen molar-refractivity contribution in [3.8, 4) is 22.8 Å². The molecule has 4 rings (SSSR count). The van der Waals surface area contributed by atoms with Crippen LogP contribution in [0, 0.1) is 6.92 Å². The maximum absolute atomic E-state index is 6.43. The molecular weight excluding hydrogens is 300 g/mol. The van der Waals surface area contributed by atoms with Gasteiger partial charge in [-0.3, -0.25) is 0 Å². The second kappa shape index (κ2) is 4.92. The molecule has 1 aliphatic rings. The van der Waals surface area contributed by atoms with E-state index in [4.69, 9.17) is 26.1 Å². The van der Waals surface area contributed by atoms with Crippen LogP contribution in [0.3, 0.4) is 0 Å². The van der Waals surface area contributed by atoms with Crippen LogP contribution in [0.1, 0.15) is 23.6 Å².